The molecule has 8 heteroatoms. The first-order valence-corrected chi connectivity index (χ1v) is 5.75. The molecule has 0 aromatic carbocycles. The Labute approximate surface area is 122 Å². The third kappa shape index (κ3) is 11.5. The van der Waals surface area contributed by atoms with Gasteiger partial charge in [0, 0.05) is 23.6 Å². The number of esters is 3. The molecule has 120 valence electrons. The highest BCUT2D eigenvalue weighted by atomic mass is 16.6. The van der Waals surface area contributed by atoms with Gasteiger partial charge in [0.05, 0.1) is 26.9 Å². The van der Waals surface area contributed by atoms with Crippen molar-refractivity contribution in [3.8, 4) is 0 Å². The molecule has 0 saturated heterocycles. The average molecular weight is 304 g/mol. The Bertz CT molecular complexity index is 357. The summed E-state index contributed by atoms with van der Waals surface area (Å²) < 4.78 is 8.11. The summed E-state index contributed by atoms with van der Waals surface area (Å²) in [6, 6.07) is 0. The van der Waals surface area contributed by atoms with Crippen molar-refractivity contribution in [1.29, 1.82) is 0 Å². The molecule has 1 aliphatic rings. The zero-order chi connectivity index (χ0) is 16.9. The largest absolute Gasteiger partial charge is 0.466 e. The monoisotopic (exact) mass is 304 g/mol. The smallest absolute Gasteiger partial charge is 0.338 e. The molecule has 0 aromatic rings. The minimum absolute atomic E-state index is 0.181. The van der Waals surface area contributed by atoms with Crippen LogP contribution in [0.4, 0.5) is 0 Å². The lowest BCUT2D eigenvalue weighted by Gasteiger charge is -2.20. The molecule has 3 N–H and O–H groups in total. The number of cyclic esters (lactones) is 2. The summed E-state index contributed by atoms with van der Waals surface area (Å²) in [7, 11) is 1.31. The molecule has 0 aliphatic carbocycles. The molecule has 0 aromatic heterocycles. The van der Waals surface area contributed by atoms with Gasteiger partial charge >= 0.3 is 17.9 Å². The van der Waals surface area contributed by atoms with Gasteiger partial charge in [-0.05, 0) is 0 Å². The summed E-state index contributed by atoms with van der Waals surface area (Å²) >= 11 is 0. The number of ether oxygens (including phenoxy) is 2. The van der Waals surface area contributed by atoms with Crippen LogP contribution in [-0.2, 0) is 23.9 Å². The Hall–Kier alpha value is -2.03. The van der Waals surface area contributed by atoms with Crippen LogP contribution in [0.15, 0.2) is 24.8 Å². The van der Waals surface area contributed by atoms with Gasteiger partial charge in [-0.2, -0.15) is 0 Å². The molecule has 0 fully saturated rings. The normalized spacial score (nSPS) is 12.4. The van der Waals surface area contributed by atoms with Crippen molar-refractivity contribution in [3.63, 3.8) is 0 Å². The van der Waals surface area contributed by atoms with Crippen molar-refractivity contribution in [3.05, 3.63) is 24.8 Å². The molecule has 0 amide bonds. The van der Waals surface area contributed by atoms with Gasteiger partial charge in [0.15, 0.2) is 0 Å². The summed E-state index contributed by atoms with van der Waals surface area (Å²) in [5.74, 6) is -1.55. The second kappa shape index (κ2) is 11.8. The third-order valence-corrected chi connectivity index (χ3v) is 2.07. The van der Waals surface area contributed by atoms with Crippen LogP contribution in [-0.4, -0.2) is 60.2 Å². The van der Waals surface area contributed by atoms with Crippen LogP contribution in [0.1, 0.15) is 6.92 Å². The van der Waals surface area contributed by atoms with Crippen molar-refractivity contribution in [1.82, 2.24) is 0 Å². The number of carbonyl (C=O) groups excluding carboxylic acids is 3. The van der Waals surface area contributed by atoms with E-state index in [0.717, 1.165) is 18.2 Å². The second-order valence-corrected chi connectivity index (χ2v) is 4.09. The first-order chi connectivity index (χ1) is 9.78. The van der Waals surface area contributed by atoms with Gasteiger partial charge in [-0.1, -0.05) is 13.5 Å². The number of methoxy groups -OCH3 is 1. The van der Waals surface area contributed by atoms with Crippen molar-refractivity contribution < 1.29 is 39.2 Å². The molecule has 0 unspecified atom stereocenters. The fourth-order valence-corrected chi connectivity index (χ4v) is 0.537. The molecular formula is C13H20O8. The fourth-order valence-electron chi connectivity index (χ4n) is 0.537. The van der Waals surface area contributed by atoms with Gasteiger partial charge in [0.25, 0.3) is 0 Å². The Morgan fingerprint density at radius 2 is 1.62 bits per heavy atom. The SMILES string of the molecule is C=CC(=O)OC.CC(CO)(CO)CO.O=C1C=CC(=O)O1. The van der Waals surface area contributed by atoms with Crippen LogP contribution in [0, 0.1) is 5.41 Å². The fraction of sp³-hybridized carbons (Fsp3) is 0.462. The van der Waals surface area contributed by atoms with Crippen molar-refractivity contribution in [2.45, 2.75) is 6.92 Å². The van der Waals surface area contributed by atoms with Crippen molar-refractivity contribution in [2.24, 2.45) is 5.41 Å². The minimum atomic E-state index is -0.708. The number of hydrogen-bond acceptors (Lipinski definition) is 8. The van der Waals surface area contributed by atoms with Crippen LogP contribution in [0.25, 0.3) is 0 Å². The van der Waals surface area contributed by atoms with Crippen LogP contribution in [0.2, 0.25) is 0 Å². The van der Waals surface area contributed by atoms with Gasteiger partial charge in [-0.3, -0.25) is 0 Å². The molecule has 1 rings (SSSR count). The zero-order valence-electron chi connectivity index (χ0n) is 11.9. The van der Waals surface area contributed by atoms with E-state index in [-0.39, 0.29) is 19.8 Å². The third-order valence-electron chi connectivity index (χ3n) is 2.07. The van der Waals surface area contributed by atoms with Gasteiger partial charge in [-0.25, -0.2) is 14.4 Å². The van der Waals surface area contributed by atoms with Crippen LogP contribution >= 0.6 is 0 Å². The van der Waals surface area contributed by atoms with E-state index in [1.165, 1.54) is 7.11 Å². The van der Waals surface area contributed by atoms with Crippen LogP contribution in [0.3, 0.4) is 0 Å². The van der Waals surface area contributed by atoms with E-state index in [1.807, 2.05) is 0 Å². The summed E-state index contributed by atoms with van der Waals surface area (Å²) in [5, 5.41) is 25.4. The van der Waals surface area contributed by atoms with Gasteiger partial charge in [0.2, 0.25) is 0 Å². The molecule has 0 spiro atoms. The molecule has 21 heavy (non-hydrogen) atoms. The van der Waals surface area contributed by atoms with Crippen LogP contribution < -0.4 is 0 Å². The number of hydrogen-bond donors (Lipinski definition) is 3. The topological polar surface area (TPSA) is 130 Å². The van der Waals surface area contributed by atoms with Gasteiger partial charge in [0.1, 0.15) is 0 Å². The summed E-state index contributed by atoms with van der Waals surface area (Å²) in [6.45, 7) is 4.22. The number of aliphatic hydroxyl groups is 3. The first kappa shape index (κ1) is 21.3. The Balaban J connectivity index is 0. The summed E-state index contributed by atoms with van der Waals surface area (Å²) in [4.78, 5) is 29.7. The quantitative estimate of drug-likeness (QED) is 0.340. The second-order valence-electron chi connectivity index (χ2n) is 4.09. The Kier molecular flexibility index (Phi) is 11.9. The number of carbonyl (C=O) groups is 3. The first-order valence-electron chi connectivity index (χ1n) is 5.75. The van der Waals surface area contributed by atoms with Gasteiger partial charge in [-0.15, -0.1) is 0 Å². The lowest BCUT2D eigenvalue weighted by atomic mass is 9.95. The Morgan fingerprint density at radius 1 is 1.24 bits per heavy atom. The maximum Gasteiger partial charge on any atom is 0.338 e. The standard InChI is InChI=1S/C5H12O3.C4H2O3.C4H6O2/c1-5(2-6,3-7)4-8;5-3-1-2-4(6)7-3;1-3-4(5)6-2/h6-8H,2-4H2,1H3;1-2H;3H,1H2,2H3. The predicted octanol–water partition coefficient (Wildman–Crippen LogP) is -1.06. The zero-order valence-corrected chi connectivity index (χ0v) is 11.9. The summed E-state index contributed by atoms with van der Waals surface area (Å²) in [5.41, 5.74) is -0.708. The molecule has 8 nitrogen and oxygen atoms in total. The molecule has 0 atom stereocenters. The van der Waals surface area contributed by atoms with Crippen molar-refractivity contribution >= 4 is 17.9 Å². The molecular weight excluding hydrogens is 284 g/mol. The highest BCUT2D eigenvalue weighted by Gasteiger charge is 2.20. The average Bonchev–Trinajstić information content (AvgIpc) is 2.90. The highest BCUT2D eigenvalue weighted by molar-refractivity contribution is 6.04. The minimum Gasteiger partial charge on any atom is -0.466 e. The van der Waals surface area contributed by atoms with Crippen molar-refractivity contribution in [2.75, 3.05) is 26.9 Å². The van der Waals surface area contributed by atoms with E-state index in [2.05, 4.69) is 16.1 Å². The number of rotatable bonds is 4. The van der Waals surface area contributed by atoms with E-state index in [0.29, 0.717) is 0 Å². The Morgan fingerprint density at radius 3 is 1.67 bits per heavy atom. The predicted molar refractivity (Wildman–Crippen MR) is 71.8 cm³/mol. The van der Waals surface area contributed by atoms with E-state index in [9.17, 15) is 14.4 Å². The lowest BCUT2D eigenvalue weighted by Crippen LogP contribution is -2.29. The van der Waals surface area contributed by atoms with E-state index in [4.69, 9.17) is 15.3 Å². The van der Waals surface area contributed by atoms with Gasteiger partial charge < -0.3 is 24.8 Å². The summed E-state index contributed by atoms with van der Waals surface area (Å²) in [6.07, 6.45) is 3.28. The molecule has 1 heterocycles. The molecule has 0 bridgehead atoms. The molecule has 0 radical (unpaired) electrons. The maximum atomic E-state index is 9.92. The van der Waals surface area contributed by atoms with E-state index >= 15 is 0 Å². The van der Waals surface area contributed by atoms with E-state index < -0.39 is 23.3 Å². The maximum absolute atomic E-state index is 9.92. The lowest BCUT2D eigenvalue weighted by molar-refractivity contribution is -0.150. The van der Waals surface area contributed by atoms with E-state index in [1.54, 1.807) is 6.92 Å². The molecule has 0 saturated carbocycles. The van der Waals surface area contributed by atoms with Crippen LogP contribution in [0.5, 0.6) is 0 Å². The molecule has 1 aliphatic heterocycles. The number of aliphatic hydroxyl groups excluding tert-OH is 3. The highest BCUT2D eigenvalue weighted by Crippen LogP contribution is 2.10.